The van der Waals surface area contributed by atoms with Gasteiger partial charge >= 0.3 is 0 Å². The van der Waals surface area contributed by atoms with Gasteiger partial charge in [-0.3, -0.25) is 4.79 Å². The van der Waals surface area contributed by atoms with E-state index >= 15 is 0 Å². The monoisotopic (exact) mass is 345 g/mol. The van der Waals surface area contributed by atoms with Gasteiger partial charge < -0.3 is 24.8 Å². The van der Waals surface area contributed by atoms with Crippen molar-refractivity contribution < 1.29 is 19.0 Å². The minimum Gasteiger partial charge on any atom is -0.489 e. The zero-order chi connectivity index (χ0) is 17.6. The van der Waals surface area contributed by atoms with E-state index in [4.69, 9.17) is 14.2 Å². The van der Waals surface area contributed by atoms with Gasteiger partial charge in [0.15, 0.2) is 11.5 Å². The second-order valence-corrected chi connectivity index (χ2v) is 6.25. The van der Waals surface area contributed by atoms with Crippen molar-refractivity contribution in [3.8, 4) is 17.6 Å². The van der Waals surface area contributed by atoms with Gasteiger partial charge in [0.05, 0.1) is 36.5 Å². The van der Waals surface area contributed by atoms with Gasteiger partial charge in [-0.2, -0.15) is 5.26 Å². The molecular formula is C18H23N3O4. The number of nitrogens with zero attached hydrogens (tertiary/aromatic N) is 1. The molecule has 1 fully saturated rings. The van der Waals surface area contributed by atoms with E-state index in [2.05, 4.69) is 16.7 Å². The quantitative estimate of drug-likeness (QED) is 0.848. The first-order valence-corrected chi connectivity index (χ1v) is 8.58. The predicted octanol–water partition coefficient (Wildman–Crippen LogP) is 1.07. The molecule has 1 saturated heterocycles. The number of carbonyl (C=O) groups excluding carboxylic acids is 1. The van der Waals surface area contributed by atoms with Crippen LogP contribution < -0.4 is 20.1 Å². The number of hydrogen-bond donors (Lipinski definition) is 2. The van der Waals surface area contributed by atoms with Crippen LogP contribution in [0.5, 0.6) is 11.5 Å². The molecule has 0 saturated carbocycles. The highest BCUT2D eigenvalue weighted by Gasteiger charge is 2.27. The third-order valence-electron chi connectivity index (χ3n) is 4.61. The lowest BCUT2D eigenvalue weighted by molar-refractivity contribution is 0.0338. The molecule has 7 heteroatoms. The molecule has 1 aromatic rings. The van der Waals surface area contributed by atoms with Gasteiger partial charge in [-0.15, -0.1) is 0 Å². The highest BCUT2D eigenvalue weighted by Crippen LogP contribution is 2.34. The van der Waals surface area contributed by atoms with Gasteiger partial charge in [-0.05, 0) is 19.0 Å². The molecule has 0 bridgehead atoms. The van der Waals surface area contributed by atoms with Crippen LogP contribution in [0.1, 0.15) is 28.8 Å². The molecule has 2 aliphatic heterocycles. The molecule has 0 aliphatic carbocycles. The van der Waals surface area contributed by atoms with Gasteiger partial charge in [0, 0.05) is 38.6 Å². The highest BCUT2D eigenvalue weighted by atomic mass is 16.5. The molecule has 2 heterocycles. The van der Waals surface area contributed by atoms with Crippen LogP contribution in [-0.2, 0) is 4.74 Å². The van der Waals surface area contributed by atoms with Crippen molar-refractivity contribution in [2.24, 2.45) is 5.92 Å². The van der Waals surface area contributed by atoms with Crippen LogP contribution in [0, 0.1) is 17.2 Å². The van der Waals surface area contributed by atoms with Crippen LogP contribution in [0.15, 0.2) is 12.1 Å². The summed E-state index contributed by atoms with van der Waals surface area (Å²) in [7, 11) is 1.69. The van der Waals surface area contributed by atoms with Crippen LogP contribution in [-0.4, -0.2) is 52.0 Å². The van der Waals surface area contributed by atoms with Gasteiger partial charge in [-0.1, -0.05) is 0 Å². The summed E-state index contributed by atoms with van der Waals surface area (Å²) in [4.78, 5) is 12.7. The van der Waals surface area contributed by atoms with E-state index in [9.17, 15) is 10.1 Å². The first kappa shape index (κ1) is 17.5. The number of fused-ring (bicyclic) bond motifs is 1. The number of piperidine rings is 1. The van der Waals surface area contributed by atoms with E-state index in [1.165, 1.54) is 0 Å². The number of nitrogens with one attached hydrogen (secondary N) is 2. The van der Waals surface area contributed by atoms with Crippen LogP contribution in [0.4, 0.5) is 0 Å². The fraction of sp³-hybridized carbons (Fsp3) is 0.556. The third-order valence-corrected chi connectivity index (χ3v) is 4.61. The van der Waals surface area contributed by atoms with Gasteiger partial charge in [0.25, 0.3) is 5.91 Å². The number of methoxy groups -OCH3 is 1. The van der Waals surface area contributed by atoms with Crippen molar-refractivity contribution in [3.63, 3.8) is 0 Å². The fourth-order valence-electron chi connectivity index (χ4n) is 3.22. The predicted molar refractivity (Wildman–Crippen MR) is 90.9 cm³/mol. The molecule has 2 atom stereocenters. The summed E-state index contributed by atoms with van der Waals surface area (Å²) in [5.41, 5.74) is 0.727. The Bertz CT molecular complexity index is 671. The van der Waals surface area contributed by atoms with E-state index < -0.39 is 0 Å². The average Bonchev–Trinajstić information content (AvgIpc) is 2.90. The van der Waals surface area contributed by atoms with Crippen molar-refractivity contribution in [3.05, 3.63) is 23.3 Å². The van der Waals surface area contributed by atoms with Gasteiger partial charge in [0.1, 0.15) is 0 Å². The summed E-state index contributed by atoms with van der Waals surface area (Å²) in [6.07, 6.45) is 1.76. The molecule has 2 aliphatic rings. The highest BCUT2D eigenvalue weighted by molar-refractivity contribution is 5.98. The summed E-state index contributed by atoms with van der Waals surface area (Å²) < 4.78 is 16.8. The Labute approximate surface area is 147 Å². The SMILES string of the molecule is COC1CNCC[C@H]1CNC(=O)c1cc(C#N)cc2c1OCCCO2. The maximum absolute atomic E-state index is 12.7. The molecule has 1 aromatic carbocycles. The maximum Gasteiger partial charge on any atom is 0.255 e. The molecular weight excluding hydrogens is 322 g/mol. The zero-order valence-corrected chi connectivity index (χ0v) is 14.3. The number of nitriles is 1. The Morgan fingerprint density at radius 2 is 2.28 bits per heavy atom. The molecule has 1 amide bonds. The van der Waals surface area contributed by atoms with E-state index in [1.54, 1.807) is 19.2 Å². The zero-order valence-electron chi connectivity index (χ0n) is 14.3. The van der Waals surface area contributed by atoms with Crippen molar-refractivity contribution in [2.75, 3.05) is 40.0 Å². The molecule has 0 spiro atoms. The molecule has 1 unspecified atom stereocenters. The van der Waals surface area contributed by atoms with E-state index in [1.807, 2.05) is 0 Å². The Morgan fingerprint density at radius 3 is 3.08 bits per heavy atom. The normalized spacial score (nSPS) is 22.6. The third kappa shape index (κ3) is 4.03. The van der Waals surface area contributed by atoms with Crippen LogP contribution in [0.2, 0.25) is 0 Å². The number of benzene rings is 1. The van der Waals surface area contributed by atoms with Crippen molar-refractivity contribution in [1.29, 1.82) is 5.26 Å². The largest absolute Gasteiger partial charge is 0.489 e. The lowest BCUT2D eigenvalue weighted by Crippen LogP contribution is -2.46. The first-order chi connectivity index (χ1) is 12.2. The number of hydrogen-bond acceptors (Lipinski definition) is 6. The summed E-state index contributed by atoms with van der Waals surface area (Å²) in [6.45, 7) is 3.21. The minimum atomic E-state index is -0.257. The lowest BCUT2D eigenvalue weighted by atomic mass is 9.94. The number of rotatable bonds is 4. The van der Waals surface area contributed by atoms with Crippen molar-refractivity contribution >= 4 is 5.91 Å². The Morgan fingerprint density at radius 1 is 1.44 bits per heavy atom. The van der Waals surface area contributed by atoms with Crippen molar-refractivity contribution in [1.82, 2.24) is 10.6 Å². The Kier molecular flexibility index (Phi) is 5.74. The number of ether oxygens (including phenoxy) is 3. The molecule has 25 heavy (non-hydrogen) atoms. The second-order valence-electron chi connectivity index (χ2n) is 6.25. The summed E-state index contributed by atoms with van der Waals surface area (Å²) in [5.74, 6) is 0.873. The topological polar surface area (TPSA) is 92.6 Å². The number of amides is 1. The summed E-state index contributed by atoms with van der Waals surface area (Å²) >= 11 is 0. The minimum absolute atomic E-state index is 0.0798. The number of carbonyl (C=O) groups is 1. The lowest BCUT2D eigenvalue weighted by Gasteiger charge is -2.31. The van der Waals surface area contributed by atoms with E-state index in [-0.39, 0.29) is 17.9 Å². The second kappa shape index (κ2) is 8.19. The smallest absolute Gasteiger partial charge is 0.255 e. The standard InChI is InChI=1S/C18H23N3O4/c1-23-16-11-20-4-3-13(16)10-21-18(22)14-7-12(9-19)8-15-17(14)25-6-2-5-24-15/h7-8,13,16,20H,2-6,10-11H2,1H3,(H,21,22)/t13-,16?/m0/s1. The molecule has 2 N–H and O–H groups in total. The Balaban J connectivity index is 1.76. The van der Waals surface area contributed by atoms with E-state index in [0.717, 1.165) is 25.9 Å². The molecule has 134 valence electrons. The fourth-order valence-corrected chi connectivity index (χ4v) is 3.22. The molecule has 7 nitrogen and oxygen atoms in total. The van der Waals surface area contributed by atoms with Gasteiger partial charge in [-0.25, -0.2) is 0 Å². The van der Waals surface area contributed by atoms with E-state index in [0.29, 0.717) is 42.4 Å². The maximum atomic E-state index is 12.7. The van der Waals surface area contributed by atoms with Crippen molar-refractivity contribution in [2.45, 2.75) is 18.9 Å². The molecule has 3 rings (SSSR count). The summed E-state index contributed by atoms with van der Waals surface area (Å²) in [6, 6.07) is 5.24. The van der Waals surface area contributed by atoms with Crippen LogP contribution in [0.3, 0.4) is 0 Å². The molecule has 0 aromatic heterocycles. The average molecular weight is 345 g/mol. The van der Waals surface area contributed by atoms with Crippen LogP contribution in [0.25, 0.3) is 0 Å². The first-order valence-electron chi connectivity index (χ1n) is 8.58. The molecule has 0 radical (unpaired) electrons. The van der Waals surface area contributed by atoms with Crippen LogP contribution >= 0.6 is 0 Å². The summed E-state index contributed by atoms with van der Waals surface area (Å²) in [5, 5.41) is 15.5. The van der Waals surface area contributed by atoms with Gasteiger partial charge in [0.2, 0.25) is 0 Å². The Hall–Kier alpha value is -2.30.